The molecule has 1 amide bonds. The third-order valence-electron chi connectivity index (χ3n) is 4.04. The first-order valence-electron chi connectivity index (χ1n) is 8.73. The quantitative estimate of drug-likeness (QED) is 0.691. The van der Waals surface area contributed by atoms with Crippen molar-refractivity contribution in [1.29, 1.82) is 0 Å². The first kappa shape index (κ1) is 19.9. The van der Waals surface area contributed by atoms with Gasteiger partial charge in [0.2, 0.25) is 6.79 Å². The minimum atomic E-state index is -0.860. The third-order valence-corrected chi connectivity index (χ3v) is 4.04. The molecule has 0 bridgehead atoms. The van der Waals surface area contributed by atoms with Crippen molar-refractivity contribution in [2.45, 2.75) is 52.7 Å². The fraction of sp³-hybridized carbons (Fsp3) is 0.579. The smallest absolute Gasteiger partial charge is 0.410 e. The van der Waals surface area contributed by atoms with E-state index in [1.54, 1.807) is 18.7 Å². The van der Waals surface area contributed by atoms with E-state index in [2.05, 4.69) is 0 Å². The number of carbonyl (C=O) groups excluding carboxylic acids is 2. The highest BCUT2D eigenvalue weighted by Crippen LogP contribution is 2.33. The van der Waals surface area contributed by atoms with Crippen molar-refractivity contribution in [1.82, 2.24) is 4.90 Å². The molecule has 0 saturated carbocycles. The van der Waals surface area contributed by atoms with Crippen LogP contribution in [0.5, 0.6) is 11.5 Å². The molecule has 0 aromatic heterocycles. The molecule has 1 heterocycles. The lowest BCUT2D eigenvalue weighted by atomic mass is 10.1. The number of hydrogen-bond donors (Lipinski definition) is 0. The molecule has 144 valence electrons. The number of rotatable bonds is 7. The Morgan fingerprint density at radius 2 is 1.96 bits per heavy atom. The standard InChI is InChI=1S/C19H27NO6/c1-6-20(18(22)23-11-19(4,5)26-14(3)21)13(2)9-15-7-8-16-17(10-15)25-12-24-16/h7-8,10,13H,6,9,11-12H2,1-5H3. The molecule has 7 heteroatoms. The van der Waals surface area contributed by atoms with Crippen LogP contribution < -0.4 is 9.47 Å². The monoisotopic (exact) mass is 365 g/mol. The van der Waals surface area contributed by atoms with Gasteiger partial charge in [-0.3, -0.25) is 4.79 Å². The number of amides is 1. The van der Waals surface area contributed by atoms with Gasteiger partial charge in [-0.15, -0.1) is 0 Å². The fourth-order valence-electron chi connectivity index (χ4n) is 2.88. The topological polar surface area (TPSA) is 74.3 Å². The average molecular weight is 365 g/mol. The summed E-state index contributed by atoms with van der Waals surface area (Å²) in [5.74, 6) is 1.05. The van der Waals surface area contributed by atoms with E-state index in [-0.39, 0.29) is 19.4 Å². The van der Waals surface area contributed by atoms with Crippen molar-refractivity contribution >= 4 is 12.1 Å². The number of benzene rings is 1. The van der Waals surface area contributed by atoms with Crippen molar-refractivity contribution < 1.29 is 28.5 Å². The molecule has 0 fully saturated rings. The summed E-state index contributed by atoms with van der Waals surface area (Å²) in [6.45, 7) is 9.34. The molecule has 1 aliphatic heterocycles. The van der Waals surface area contributed by atoms with Crippen LogP contribution in [0.1, 0.15) is 40.2 Å². The van der Waals surface area contributed by atoms with Gasteiger partial charge in [0.05, 0.1) is 0 Å². The zero-order chi connectivity index (χ0) is 19.3. The predicted octanol–water partition coefficient (Wildman–Crippen LogP) is 3.15. The zero-order valence-electron chi connectivity index (χ0n) is 16.0. The van der Waals surface area contributed by atoms with Crippen molar-refractivity contribution in [3.63, 3.8) is 0 Å². The normalized spacial score (nSPS) is 13.9. The maximum atomic E-state index is 12.4. The van der Waals surface area contributed by atoms with Crippen LogP contribution in [0, 0.1) is 0 Å². The average Bonchev–Trinajstić information content (AvgIpc) is 3.00. The Balaban J connectivity index is 1.93. The molecule has 1 aromatic rings. The second-order valence-corrected chi connectivity index (χ2v) is 6.93. The minimum absolute atomic E-state index is 0.00133. The van der Waals surface area contributed by atoms with Gasteiger partial charge in [0, 0.05) is 19.5 Å². The summed E-state index contributed by atoms with van der Waals surface area (Å²) >= 11 is 0. The van der Waals surface area contributed by atoms with Gasteiger partial charge in [-0.25, -0.2) is 4.79 Å². The van der Waals surface area contributed by atoms with Crippen LogP contribution in [0.25, 0.3) is 0 Å². The molecule has 0 saturated heterocycles. The number of carbonyl (C=O) groups is 2. The molecule has 1 atom stereocenters. The maximum absolute atomic E-state index is 12.4. The van der Waals surface area contributed by atoms with Crippen molar-refractivity contribution in [3.05, 3.63) is 23.8 Å². The molecular formula is C19H27NO6. The van der Waals surface area contributed by atoms with Gasteiger partial charge in [0.15, 0.2) is 11.5 Å². The molecule has 26 heavy (non-hydrogen) atoms. The molecule has 7 nitrogen and oxygen atoms in total. The minimum Gasteiger partial charge on any atom is -0.456 e. The second kappa shape index (κ2) is 8.29. The molecule has 1 unspecified atom stereocenters. The van der Waals surface area contributed by atoms with Gasteiger partial charge in [-0.1, -0.05) is 6.07 Å². The van der Waals surface area contributed by atoms with E-state index in [1.807, 2.05) is 32.0 Å². The number of ether oxygens (including phenoxy) is 4. The lowest BCUT2D eigenvalue weighted by molar-refractivity contribution is -0.157. The van der Waals surface area contributed by atoms with Crippen LogP contribution in [0.15, 0.2) is 18.2 Å². The molecule has 1 aliphatic rings. The molecule has 0 radical (unpaired) electrons. The van der Waals surface area contributed by atoms with Gasteiger partial charge >= 0.3 is 12.1 Å². The number of fused-ring (bicyclic) bond motifs is 1. The Hall–Kier alpha value is -2.44. The first-order valence-corrected chi connectivity index (χ1v) is 8.73. The number of esters is 1. The fourth-order valence-corrected chi connectivity index (χ4v) is 2.88. The first-order chi connectivity index (χ1) is 12.2. The molecule has 0 N–H and O–H groups in total. The zero-order valence-corrected chi connectivity index (χ0v) is 16.0. The van der Waals surface area contributed by atoms with Crippen LogP contribution in [0.3, 0.4) is 0 Å². The van der Waals surface area contributed by atoms with E-state index in [9.17, 15) is 9.59 Å². The summed E-state index contributed by atoms with van der Waals surface area (Å²) in [6, 6.07) is 5.71. The Morgan fingerprint density at radius 1 is 1.27 bits per heavy atom. The highest BCUT2D eigenvalue weighted by molar-refractivity contribution is 5.68. The van der Waals surface area contributed by atoms with Gasteiger partial charge in [0.25, 0.3) is 0 Å². The Bertz CT molecular complexity index is 657. The van der Waals surface area contributed by atoms with Crippen LogP contribution in [-0.4, -0.2) is 48.5 Å². The summed E-state index contributed by atoms with van der Waals surface area (Å²) in [5, 5.41) is 0. The van der Waals surface area contributed by atoms with Crippen LogP contribution in [0.4, 0.5) is 4.79 Å². The van der Waals surface area contributed by atoms with Crippen molar-refractivity contribution in [3.8, 4) is 11.5 Å². The Morgan fingerprint density at radius 3 is 2.62 bits per heavy atom. The second-order valence-electron chi connectivity index (χ2n) is 6.93. The SMILES string of the molecule is CCN(C(=O)OCC(C)(C)OC(C)=O)C(C)Cc1ccc2c(c1)OCO2. The number of nitrogens with zero attached hydrogens (tertiary/aromatic N) is 1. The van der Waals surface area contributed by atoms with E-state index in [4.69, 9.17) is 18.9 Å². The summed E-state index contributed by atoms with van der Waals surface area (Å²) in [5.41, 5.74) is 0.190. The summed E-state index contributed by atoms with van der Waals surface area (Å²) < 4.78 is 21.2. The molecule has 2 rings (SSSR count). The lowest BCUT2D eigenvalue weighted by Crippen LogP contribution is -2.42. The van der Waals surface area contributed by atoms with E-state index in [0.29, 0.717) is 13.0 Å². The summed E-state index contributed by atoms with van der Waals surface area (Å²) in [6.07, 6.45) is 0.230. The van der Waals surface area contributed by atoms with E-state index in [1.165, 1.54) is 6.92 Å². The Labute approximate surface area is 154 Å². The maximum Gasteiger partial charge on any atom is 0.410 e. The van der Waals surface area contributed by atoms with E-state index >= 15 is 0 Å². The van der Waals surface area contributed by atoms with Crippen LogP contribution >= 0.6 is 0 Å². The summed E-state index contributed by atoms with van der Waals surface area (Å²) in [7, 11) is 0. The number of hydrogen-bond acceptors (Lipinski definition) is 6. The Kier molecular flexibility index (Phi) is 6.34. The van der Waals surface area contributed by atoms with Gasteiger partial charge in [0.1, 0.15) is 12.2 Å². The molecule has 1 aromatic carbocycles. The van der Waals surface area contributed by atoms with Crippen molar-refractivity contribution in [2.75, 3.05) is 19.9 Å². The molecule has 0 aliphatic carbocycles. The third kappa shape index (κ3) is 5.28. The molecule has 0 spiro atoms. The van der Waals surface area contributed by atoms with Crippen LogP contribution in [0.2, 0.25) is 0 Å². The van der Waals surface area contributed by atoms with E-state index < -0.39 is 17.7 Å². The van der Waals surface area contributed by atoms with Crippen molar-refractivity contribution in [2.24, 2.45) is 0 Å². The van der Waals surface area contributed by atoms with E-state index in [0.717, 1.165) is 17.1 Å². The highest BCUT2D eigenvalue weighted by atomic mass is 16.7. The number of likely N-dealkylation sites (N-methyl/N-ethyl adjacent to an activating group) is 1. The highest BCUT2D eigenvalue weighted by Gasteiger charge is 2.27. The van der Waals surface area contributed by atoms with Gasteiger partial charge < -0.3 is 23.8 Å². The van der Waals surface area contributed by atoms with Crippen LogP contribution in [-0.2, 0) is 20.7 Å². The van der Waals surface area contributed by atoms with Gasteiger partial charge in [-0.05, 0) is 51.8 Å². The predicted molar refractivity (Wildman–Crippen MR) is 95.3 cm³/mol. The lowest BCUT2D eigenvalue weighted by Gasteiger charge is -2.30. The van der Waals surface area contributed by atoms with Gasteiger partial charge in [-0.2, -0.15) is 0 Å². The molecular weight excluding hydrogens is 338 g/mol. The largest absolute Gasteiger partial charge is 0.456 e. The summed E-state index contributed by atoms with van der Waals surface area (Å²) in [4.78, 5) is 25.2.